The van der Waals surface area contributed by atoms with E-state index in [1.807, 2.05) is 6.08 Å². The van der Waals surface area contributed by atoms with Crippen LogP contribution in [-0.2, 0) is 9.59 Å². The molecule has 0 bridgehead atoms. The molecule has 4 rings (SSSR count). The summed E-state index contributed by atoms with van der Waals surface area (Å²) in [5, 5.41) is 0. The Balaban J connectivity index is 1.71. The van der Waals surface area contributed by atoms with E-state index in [0.717, 1.165) is 25.7 Å². The number of rotatable bonds is 0. The lowest BCUT2D eigenvalue weighted by molar-refractivity contribution is -0.162. The lowest BCUT2D eigenvalue weighted by Gasteiger charge is -2.62. The van der Waals surface area contributed by atoms with E-state index in [1.54, 1.807) is 0 Å². The molecule has 0 saturated heterocycles. The lowest BCUT2D eigenvalue weighted by atomic mass is 9.41. The Morgan fingerprint density at radius 3 is 2.48 bits per heavy atom. The molecule has 6 atom stereocenters. The summed E-state index contributed by atoms with van der Waals surface area (Å²) in [6.07, 6.45) is 10.4. The van der Waals surface area contributed by atoms with E-state index in [-0.39, 0.29) is 16.2 Å². The van der Waals surface area contributed by atoms with Gasteiger partial charge in [-0.05, 0) is 67.3 Å². The van der Waals surface area contributed by atoms with Crippen molar-refractivity contribution in [2.45, 2.75) is 66.2 Å². The number of carbonyl (C=O) groups excluding carboxylic acids is 2. The van der Waals surface area contributed by atoms with E-state index in [9.17, 15) is 9.59 Å². The summed E-state index contributed by atoms with van der Waals surface area (Å²) < 4.78 is 0. The molecule has 3 fully saturated rings. The van der Waals surface area contributed by atoms with Crippen LogP contribution in [0.5, 0.6) is 0 Å². The zero-order valence-electron chi connectivity index (χ0n) is 15.0. The highest BCUT2D eigenvalue weighted by atomic mass is 16.1. The topological polar surface area (TPSA) is 34.1 Å². The summed E-state index contributed by atoms with van der Waals surface area (Å²) in [4.78, 5) is 24.9. The third-order valence-electron chi connectivity index (χ3n) is 8.62. The largest absolute Gasteiger partial charge is 0.299 e. The first-order valence-corrected chi connectivity index (χ1v) is 9.47. The van der Waals surface area contributed by atoms with Crippen molar-refractivity contribution in [1.29, 1.82) is 0 Å². The molecular formula is C21H30O2. The maximum atomic E-state index is 12.5. The van der Waals surface area contributed by atoms with E-state index in [1.165, 1.54) is 12.8 Å². The zero-order chi connectivity index (χ0) is 16.6. The van der Waals surface area contributed by atoms with Gasteiger partial charge in [-0.25, -0.2) is 0 Å². The van der Waals surface area contributed by atoms with Crippen LogP contribution in [0.2, 0.25) is 0 Å². The number of hydrogen-bond acceptors (Lipinski definition) is 2. The maximum Gasteiger partial charge on any atom is 0.161 e. The van der Waals surface area contributed by atoms with Gasteiger partial charge in [0.15, 0.2) is 5.78 Å². The van der Waals surface area contributed by atoms with E-state index in [0.29, 0.717) is 35.2 Å². The summed E-state index contributed by atoms with van der Waals surface area (Å²) in [6.45, 7) is 9.03. The van der Waals surface area contributed by atoms with Gasteiger partial charge in [0, 0.05) is 17.3 Å². The molecule has 126 valence electrons. The van der Waals surface area contributed by atoms with Crippen molar-refractivity contribution in [3.05, 3.63) is 12.2 Å². The molecule has 0 amide bonds. The van der Waals surface area contributed by atoms with Gasteiger partial charge in [-0.15, -0.1) is 0 Å². The molecule has 0 radical (unpaired) electrons. The highest BCUT2D eigenvalue weighted by Crippen LogP contribution is 2.66. The van der Waals surface area contributed by atoms with Crippen LogP contribution in [0, 0.1) is 39.9 Å². The van der Waals surface area contributed by atoms with Crippen molar-refractivity contribution in [3.8, 4) is 0 Å². The minimum absolute atomic E-state index is 0.135. The SMILES string of the molecule is CC1(C)C(=O)CC[C@@]2(C)C1CC[C@@H]1[C@@H]2CC[C@]2(C)C(=O)C=C[C@@H]12. The fourth-order valence-electron chi connectivity index (χ4n) is 7.17. The standard InChI is InChI=1S/C21H30O2/c1-19(2)16-7-5-13-14-6-8-18(23)21(14,4)11-9-15(13)20(16,3)12-10-17(19)22/h6,8,13-16H,5,7,9-12H2,1-4H3/t13-,14-,15-,16?,20+,21-/m0/s1. The highest BCUT2D eigenvalue weighted by molar-refractivity contribution is 5.97. The van der Waals surface area contributed by atoms with Crippen molar-refractivity contribution in [3.63, 3.8) is 0 Å². The fourth-order valence-corrected chi connectivity index (χ4v) is 7.17. The molecule has 1 unspecified atom stereocenters. The molecule has 4 aliphatic carbocycles. The maximum absolute atomic E-state index is 12.5. The molecule has 23 heavy (non-hydrogen) atoms. The quantitative estimate of drug-likeness (QED) is 0.656. The van der Waals surface area contributed by atoms with Crippen LogP contribution in [0.4, 0.5) is 0 Å². The van der Waals surface area contributed by atoms with Gasteiger partial charge in [-0.3, -0.25) is 9.59 Å². The molecule has 2 nitrogen and oxygen atoms in total. The summed E-state index contributed by atoms with van der Waals surface area (Å²) in [6, 6.07) is 0. The Labute approximate surface area is 140 Å². The van der Waals surface area contributed by atoms with Crippen LogP contribution in [0.3, 0.4) is 0 Å². The van der Waals surface area contributed by atoms with Crippen LogP contribution >= 0.6 is 0 Å². The Morgan fingerprint density at radius 1 is 1.00 bits per heavy atom. The van der Waals surface area contributed by atoms with E-state index in [2.05, 4.69) is 33.8 Å². The number of Topliss-reactive ketones (excluding diaryl/α,β-unsaturated/α-hetero) is 1. The molecule has 0 aromatic rings. The molecule has 0 aliphatic heterocycles. The number of ketones is 2. The molecular weight excluding hydrogens is 284 g/mol. The minimum Gasteiger partial charge on any atom is -0.299 e. The van der Waals surface area contributed by atoms with Crippen molar-refractivity contribution in [2.75, 3.05) is 0 Å². The molecule has 0 aromatic heterocycles. The summed E-state index contributed by atoms with van der Waals surface area (Å²) in [5.41, 5.74) is -0.0223. The van der Waals surface area contributed by atoms with Gasteiger partial charge >= 0.3 is 0 Å². The fraction of sp³-hybridized carbons (Fsp3) is 0.810. The Bertz CT molecular complexity index is 601. The second-order valence-corrected chi connectivity index (χ2v) is 9.76. The third kappa shape index (κ3) is 1.81. The first-order valence-electron chi connectivity index (χ1n) is 9.47. The van der Waals surface area contributed by atoms with E-state index >= 15 is 0 Å². The normalized spacial score (nSPS) is 51.1. The van der Waals surface area contributed by atoms with Crippen LogP contribution in [-0.4, -0.2) is 11.6 Å². The minimum atomic E-state index is -0.167. The lowest BCUT2D eigenvalue weighted by Crippen LogP contribution is -2.58. The average Bonchev–Trinajstić information content (AvgIpc) is 2.79. The Kier molecular flexibility index (Phi) is 3.11. The van der Waals surface area contributed by atoms with Gasteiger partial charge in [-0.2, -0.15) is 0 Å². The van der Waals surface area contributed by atoms with Gasteiger partial charge in [0.2, 0.25) is 0 Å². The molecule has 0 N–H and O–H groups in total. The predicted octanol–water partition coefficient (Wildman–Crippen LogP) is 4.58. The Hall–Kier alpha value is -0.920. The van der Waals surface area contributed by atoms with E-state index in [4.69, 9.17) is 0 Å². The monoisotopic (exact) mass is 314 g/mol. The number of allylic oxidation sites excluding steroid dienone is 2. The predicted molar refractivity (Wildman–Crippen MR) is 90.8 cm³/mol. The molecule has 0 heterocycles. The molecule has 4 aliphatic rings. The molecule has 0 aromatic carbocycles. The highest BCUT2D eigenvalue weighted by Gasteiger charge is 2.62. The van der Waals surface area contributed by atoms with Crippen LogP contribution in [0.15, 0.2) is 12.2 Å². The molecule has 0 spiro atoms. The van der Waals surface area contributed by atoms with Crippen molar-refractivity contribution < 1.29 is 9.59 Å². The van der Waals surface area contributed by atoms with Crippen molar-refractivity contribution in [1.82, 2.24) is 0 Å². The van der Waals surface area contributed by atoms with E-state index < -0.39 is 0 Å². The average molecular weight is 314 g/mol. The van der Waals surface area contributed by atoms with Gasteiger partial charge in [0.1, 0.15) is 5.78 Å². The number of fused-ring (bicyclic) bond motifs is 5. The van der Waals surface area contributed by atoms with Crippen molar-refractivity contribution in [2.24, 2.45) is 39.9 Å². The van der Waals surface area contributed by atoms with Gasteiger partial charge < -0.3 is 0 Å². The van der Waals surface area contributed by atoms with Gasteiger partial charge in [-0.1, -0.05) is 33.8 Å². The van der Waals surface area contributed by atoms with Crippen LogP contribution in [0.1, 0.15) is 66.2 Å². The van der Waals surface area contributed by atoms with Gasteiger partial charge in [0.25, 0.3) is 0 Å². The summed E-state index contributed by atoms with van der Waals surface area (Å²) >= 11 is 0. The zero-order valence-corrected chi connectivity index (χ0v) is 15.0. The third-order valence-corrected chi connectivity index (χ3v) is 8.62. The second kappa shape index (κ2) is 4.58. The molecule has 2 heteroatoms. The second-order valence-electron chi connectivity index (χ2n) is 9.76. The van der Waals surface area contributed by atoms with Crippen LogP contribution in [0.25, 0.3) is 0 Å². The number of carbonyl (C=O) groups is 2. The Morgan fingerprint density at radius 2 is 1.74 bits per heavy atom. The van der Waals surface area contributed by atoms with Crippen LogP contribution < -0.4 is 0 Å². The van der Waals surface area contributed by atoms with Gasteiger partial charge in [0.05, 0.1) is 0 Å². The summed E-state index contributed by atoms with van der Waals surface area (Å²) in [7, 11) is 0. The smallest absolute Gasteiger partial charge is 0.161 e. The molecule has 3 saturated carbocycles. The number of hydrogen-bond donors (Lipinski definition) is 0. The summed E-state index contributed by atoms with van der Waals surface area (Å²) in [5.74, 6) is 3.10. The first kappa shape index (κ1) is 15.6. The first-order chi connectivity index (χ1) is 10.7. The van der Waals surface area contributed by atoms with Crippen molar-refractivity contribution >= 4 is 11.6 Å².